The van der Waals surface area contributed by atoms with Crippen molar-refractivity contribution in [3.63, 3.8) is 0 Å². The first kappa shape index (κ1) is 11.2. The molecule has 18 heavy (non-hydrogen) atoms. The summed E-state index contributed by atoms with van der Waals surface area (Å²) in [5, 5.41) is 2.31. The largest absolute Gasteiger partial charge is 0.328 e. The second-order valence-electron chi connectivity index (χ2n) is 3.95. The van der Waals surface area contributed by atoms with Crippen LogP contribution in [0.1, 0.15) is 6.42 Å². The van der Waals surface area contributed by atoms with E-state index in [0.717, 1.165) is 15.8 Å². The highest BCUT2D eigenvalue weighted by atomic mass is 79.9. The monoisotopic (exact) mass is 308 g/mol. The Morgan fingerprint density at radius 2 is 2.17 bits per heavy atom. The van der Waals surface area contributed by atoms with Crippen molar-refractivity contribution in [2.24, 2.45) is 0 Å². The van der Waals surface area contributed by atoms with Crippen LogP contribution >= 0.6 is 15.9 Å². The Hall–Kier alpha value is -1.89. The second-order valence-corrected chi connectivity index (χ2v) is 4.76. The van der Waals surface area contributed by atoms with Crippen LogP contribution in [0.4, 0.5) is 10.5 Å². The zero-order valence-electron chi connectivity index (χ0n) is 9.26. The van der Waals surface area contributed by atoms with Crippen molar-refractivity contribution < 1.29 is 9.59 Å². The number of hydrogen-bond acceptors (Lipinski definition) is 3. The fraction of sp³-hybridized carbons (Fsp3) is 0.182. The number of pyridine rings is 1. The van der Waals surface area contributed by atoms with Crippen molar-refractivity contribution >= 4 is 39.1 Å². The van der Waals surface area contributed by atoms with Crippen LogP contribution in [0.3, 0.4) is 0 Å². The first-order valence-corrected chi connectivity index (χ1v) is 6.18. The van der Waals surface area contributed by atoms with Crippen molar-refractivity contribution in [1.29, 1.82) is 0 Å². The van der Waals surface area contributed by atoms with E-state index in [0.29, 0.717) is 13.0 Å². The summed E-state index contributed by atoms with van der Waals surface area (Å²) in [4.78, 5) is 28.6. The highest BCUT2D eigenvalue weighted by molar-refractivity contribution is 9.10. The Kier molecular flexibility index (Phi) is 2.55. The number of amides is 3. The molecule has 1 saturated heterocycles. The summed E-state index contributed by atoms with van der Waals surface area (Å²) in [5.41, 5.74) is 1.55. The molecule has 0 saturated carbocycles. The van der Waals surface area contributed by atoms with Gasteiger partial charge in [0.05, 0.1) is 22.0 Å². The Morgan fingerprint density at radius 1 is 1.33 bits per heavy atom. The summed E-state index contributed by atoms with van der Waals surface area (Å²) in [5.74, 6) is -0.238. The molecule has 2 aromatic rings. The molecule has 0 unspecified atom stereocenters. The van der Waals surface area contributed by atoms with E-state index in [1.165, 1.54) is 0 Å². The van der Waals surface area contributed by atoms with Crippen LogP contribution in [0.15, 0.2) is 29.3 Å². The van der Waals surface area contributed by atoms with Gasteiger partial charge in [-0.25, -0.2) is 9.78 Å². The van der Waals surface area contributed by atoms with Gasteiger partial charge in [0.25, 0.3) is 0 Å². The number of carbonyl (C=O) groups is 2. The van der Waals surface area contributed by atoms with E-state index < -0.39 is 6.03 Å². The molecule has 7 heteroatoms. The molecule has 0 atom stereocenters. The van der Waals surface area contributed by atoms with Gasteiger partial charge in [-0.3, -0.25) is 19.4 Å². The van der Waals surface area contributed by atoms with E-state index in [1.807, 2.05) is 16.5 Å². The maximum atomic E-state index is 11.8. The fourth-order valence-electron chi connectivity index (χ4n) is 1.99. The average Bonchev–Trinajstić information content (AvgIpc) is 2.81. The molecule has 3 heterocycles. The minimum atomic E-state index is -0.392. The Morgan fingerprint density at radius 3 is 2.94 bits per heavy atom. The SMILES string of the molecule is O=C1CCN(c2ccc(Br)n3cncc23)C(=O)N1. The summed E-state index contributed by atoms with van der Waals surface area (Å²) in [7, 11) is 0. The lowest BCUT2D eigenvalue weighted by Gasteiger charge is -2.27. The molecule has 0 radical (unpaired) electrons. The van der Waals surface area contributed by atoms with E-state index in [9.17, 15) is 9.59 Å². The van der Waals surface area contributed by atoms with E-state index in [1.54, 1.807) is 17.4 Å². The molecule has 3 rings (SSSR count). The Balaban J connectivity index is 2.09. The third-order valence-corrected chi connectivity index (χ3v) is 3.50. The lowest BCUT2D eigenvalue weighted by Crippen LogP contribution is -2.49. The molecule has 1 aliphatic heterocycles. The third-order valence-electron chi connectivity index (χ3n) is 2.85. The lowest BCUT2D eigenvalue weighted by atomic mass is 10.2. The minimum Gasteiger partial charge on any atom is -0.291 e. The van der Waals surface area contributed by atoms with Crippen LogP contribution < -0.4 is 10.2 Å². The van der Waals surface area contributed by atoms with Gasteiger partial charge in [-0.15, -0.1) is 0 Å². The van der Waals surface area contributed by atoms with E-state index in [2.05, 4.69) is 26.2 Å². The Bertz CT molecular complexity index is 652. The normalized spacial score (nSPS) is 16.2. The number of hydrogen-bond donors (Lipinski definition) is 1. The van der Waals surface area contributed by atoms with Crippen molar-refractivity contribution in [2.75, 3.05) is 11.4 Å². The standard InChI is InChI=1S/C11H9BrN4O2/c12-9-2-1-7(8-5-13-6-16(8)9)15-4-3-10(17)14-11(15)18/h1-2,5-6H,3-4H2,(H,14,17,18). The smallest absolute Gasteiger partial charge is 0.291 e. The molecule has 1 fully saturated rings. The van der Waals surface area contributed by atoms with Crippen molar-refractivity contribution in [3.8, 4) is 0 Å². The van der Waals surface area contributed by atoms with Crippen LogP contribution in [0.25, 0.3) is 5.52 Å². The molecule has 92 valence electrons. The predicted molar refractivity (Wildman–Crippen MR) is 68.4 cm³/mol. The number of fused-ring (bicyclic) bond motifs is 1. The van der Waals surface area contributed by atoms with Gasteiger partial charge in [-0.05, 0) is 28.1 Å². The lowest BCUT2D eigenvalue weighted by molar-refractivity contribution is -0.120. The molecule has 0 bridgehead atoms. The number of nitrogens with zero attached hydrogens (tertiary/aromatic N) is 3. The van der Waals surface area contributed by atoms with Crippen LogP contribution in [-0.4, -0.2) is 27.9 Å². The van der Waals surface area contributed by atoms with Gasteiger partial charge >= 0.3 is 6.03 Å². The van der Waals surface area contributed by atoms with Gasteiger partial charge in [-0.1, -0.05) is 0 Å². The third kappa shape index (κ3) is 1.67. The molecule has 3 amide bonds. The van der Waals surface area contributed by atoms with Crippen LogP contribution in [0, 0.1) is 0 Å². The summed E-state index contributed by atoms with van der Waals surface area (Å²) in [6, 6.07) is 3.28. The number of carbonyl (C=O) groups excluding carboxylic acids is 2. The molecular formula is C11H9BrN4O2. The first-order chi connectivity index (χ1) is 8.66. The van der Waals surface area contributed by atoms with Gasteiger partial charge in [0.1, 0.15) is 6.33 Å². The topological polar surface area (TPSA) is 66.7 Å². The maximum absolute atomic E-state index is 11.8. The zero-order valence-corrected chi connectivity index (χ0v) is 10.8. The molecule has 0 aliphatic carbocycles. The molecule has 0 aromatic carbocycles. The number of imide groups is 1. The van der Waals surface area contributed by atoms with E-state index in [-0.39, 0.29) is 5.91 Å². The van der Waals surface area contributed by atoms with Crippen molar-refractivity contribution in [2.45, 2.75) is 6.42 Å². The predicted octanol–water partition coefficient (Wildman–Crippen LogP) is 1.54. The number of anilines is 1. The van der Waals surface area contributed by atoms with Gasteiger partial charge in [-0.2, -0.15) is 0 Å². The summed E-state index contributed by atoms with van der Waals surface area (Å²) >= 11 is 3.41. The first-order valence-electron chi connectivity index (χ1n) is 5.39. The summed E-state index contributed by atoms with van der Waals surface area (Å²) < 4.78 is 2.69. The van der Waals surface area contributed by atoms with Crippen molar-refractivity contribution in [1.82, 2.24) is 14.7 Å². The quantitative estimate of drug-likeness (QED) is 0.813. The van der Waals surface area contributed by atoms with Crippen molar-refractivity contribution in [3.05, 3.63) is 29.3 Å². The fourth-order valence-corrected chi connectivity index (χ4v) is 2.41. The molecule has 2 aromatic heterocycles. The van der Waals surface area contributed by atoms with Gasteiger partial charge in [0.15, 0.2) is 0 Å². The van der Waals surface area contributed by atoms with E-state index >= 15 is 0 Å². The van der Waals surface area contributed by atoms with Gasteiger partial charge in [0, 0.05) is 13.0 Å². The molecular weight excluding hydrogens is 300 g/mol. The summed E-state index contributed by atoms with van der Waals surface area (Å²) in [6.07, 6.45) is 3.65. The molecule has 6 nitrogen and oxygen atoms in total. The van der Waals surface area contributed by atoms with E-state index in [4.69, 9.17) is 0 Å². The van der Waals surface area contributed by atoms with Gasteiger partial charge < -0.3 is 0 Å². The highest BCUT2D eigenvalue weighted by Gasteiger charge is 2.25. The second kappa shape index (κ2) is 4.09. The Labute approximate surface area is 111 Å². The van der Waals surface area contributed by atoms with Gasteiger partial charge in [0.2, 0.25) is 5.91 Å². The average molecular weight is 309 g/mol. The van der Waals surface area contributed by atoms with Crippen LogP contribution in [0.2, 0.25) is 0 Å². The molecule has 1 N–H and O–H groups in total. The summed E-state index contributed by atoms with van der Waals surface area (Å²) in [6.45, 7) is 0.382. The molecule has 1 aliphatic rings. The number of rotatable bonds is 1. The highest BCUT2D eigenvalue weighted by Crippen LogP contribution is 2.26. The van der Waals surface area contributed by atoms with Crippen LogP contribution in [-0.2, 0) is 4.79 Å². The number of nitrogens with one attached hydrogen (secondary N) is 1. The number of urea groups is 1. The number of aromatic nitrogens is 2. The number of halogens is 1. The minimum absolute atomic E-state index is 0.238. The zero-order chi connectivity index (χ0) is 12.7. The van der Waals surface area contributed by atoms with Crippen LogP contribution in [0.5, 0.6) is 0 Å². The number of imidazole rings is 1. The maximum Gasteiger partial charge on any atom is 0.328 e. The molecule has 0 spiro atoms.